The van der Waals surface area contributed by atoms with Gasteiger partial charge in [0.05, 0.1) is 17.9 Å². The molecule has 0 aliphatic heterocycles. The molecule has 3 aromatic rings. The molecule has 1 atom stereocenters. The van der Waals surface area contributed by atoms with Gasteiger partial charge in [-0.3, -0.25) is 4.79 Å². The minimum absolute atomic E-state index is 0.0131. The van der Waals surface area contributed by atoms with E-state index >= 15 is 0 Å². The van der Waals surface area contributed by atoms with Crippen LogP contribution in [0.5, 0.6) is 0 Å². The van der Waals surface area contributed by atoms with Crippen LogP contribution in [0.4, 0.5) is 13.2 Å². The van der Waals surface area contributed by atoms with Gasteiger partial charge in [0.15, 0.2) is 0 Å². The standard InChI is InChI=1S/C24H24F3N3O3/c25-24(26,27)20-10-6-9-19(16-20)23(29-33-14-5-4-11-22(31)32)21(30-13-12-28-17-30)15-18-7-2-1-3-8-18/h1-3,6-10,12-13,16-17,21H,4-5,11,14-15H2,(H,31,32)/b29-23-. The highest BCUT2D eigenvalue weighted by atomic mass is 19.4. The van der Waals surface area contributed by atoms with Crippen LogP contribution in [0.3, 0.4) is 0 Å². The molecule has 174 valence electrons. The summed E-state index contributed by atoms with van der Waals surface area (Å²) in [5, 5.41) is 13.0. The van der Waals surface area contributed by atoms with Crippen LogP contribution in [0, 0.1) is 0 Å². The summed E-state index contributed by atoms with van der Waals surface area (Å²) in [4.78, 5) is 20.2. The van der Waals surface area contributed by atoms with Gasteiger partial charge in [-0.15, -0.1) is 0 Å². The number of aromatic nitrogens is 2. The van der Waals surface area contributed by atoms with Crippen molar-refractivity contribution in [3.05, 3.63) is 90.0 Å². The van der Waals surface area contributed by atoms with Gasteiger partial charge in [-0.1, -0.05) is 47.6 Å². The molecule has 9 heteroatoms. The summed E-state index contributed by atoms with van der Waals surface area (Å²) in [7, 11) is 0. The first-order valence-corrected chi connectivity index (χ1v) is 10.4. The first kappa shape index (κ1) is 24.0. The Balaban J connectivity index is 1.94. The number of benzene rings is 2. The first-order valence-electron chi connectivity index (χ1n) is 10.4. The number of hydrogen-bond acceptors (Lipinski definition) is 4. The molecule has 0 fully saturated rings. The quantitative estimate of drug-likeness (QED) is 0.238. The fraction of sp³-hybridized carbons (Fsp3) is 0.292. The van der Waals surface area contributed by atoms with E-state index in [-0.39, 0.29) is 18.6 Å². The van der Waals surface area contributed by atoms with Crippen LogP contribution in [0.2, 0.25) is 0 Å². The van der Waals surface area contributed by atoms with Gasteiger partial charge in [-0.2, -0.15) is 13.2 Å². The van der Waals surface area contributed by atoms with Crippen LogP contribution in [-0.2, 0) is 22.2 Å². The number of carboxylic acid groups (broad SMARTS) is 1. The molecule has 0 saturated heterocycles. The lowest BCUT2D eigenvalue weighted by Crippen LogP contribution is -2.23. The number of rotatable bonds is 11. The highest BCUT2D eigenvalue weighted by Gasteiger charge is 2.31. The van der Waals surface area contributed by atoms with Gasteiger partial charge in [0, 0.05) is 24.4 Å². The number of oxime groups is 1. The maximum Gasteiger partial charge on any atom is 0.416 e. The van der Waals surface area contributed by atoms with E-state index in [0.29, 0.717) is 25.0 Å². The first-order chi connectivity index (χ1) is 15.8. The van der Waals surface area contributed by atoms with Crippen molar-refractivity contribution in [2.75, 3.05) is 6.61 Å². The highest BCUT2D eigenvalue weighted by Crippen LogP contribution is 2.31. The smallest absolute Gasteiger partial charge is 0.416 e. The SMILES string of the molecule is O=C(O)CCCCO/N=C(/c1cccc(C(F)(F)F)c1)C(Cc1ccccc1)n1ccnc1. The fourth-order valence-corrected chi connectivity index (χ4v) is 3.35. The lowest BCUT2D eigenvalue weighted by molar-refractivity contribution is -0.138. The van der Waals surface area contributed by atoms with Gasteiger partial charge >= 0.3 is 12.1 Å². The van der Waals surface area contributed by atoms with E-state index in [9.17, 15) is 18.0 Å². The molecule has 0 aliphatic carbocycles. The van der Waals surface area contributed by atoms with E-state index in [1.54, 1.807) is 29.4 Å². The van der Waals surface area contributed by atoms with Gasteiger partial charge in [0.2, 0.25) is 0 Å². The van der Waals surface area contributed by atoms with Crippen molar-refractivity contribution < 1.29 is 27.9 Å². The number of carbonyl (C=O) groups is 1. The molecule has 0 radical (unpaired) electrons. The zero-order chi connectivity index (χ0) is 23.7. The number of aliphatic carboxylic acids is 1. The Labute approximate surface area is 189 Å². The monoisotopic (exact) mass is 459 g/mol. The van der Waals surface area contributed by atoms with E-state index in [1.807, 2.05) is 30.3 Å². The van der Waals surface area contributed by atoms with Crippen LogP contribution < -0.4 is 0 Å². The van der Waals surface area contributed by atoms with E-state index in [4.69, 9.17) is 9.94 Å². The number of imidazole rings is 1. The third kappa shape index (κ3) is 7.20. The van der Waals surface area contributed by atoms with Crippen molar-refractivity contribution in [3.8, 4) is 0 Å². The average Bonchev–Trinajstić information content (AvgIpc) is 3.32. The second-order valence-electron chi connectivity index (χ2n) is 7.45. The van der Waals surface area contributed by atoms with Crippen molar-refractivity contribution in [2.24, 2.45) is 5.16 Å². The summed E-state index contributed by atoms with van der Waals surface area (Å²) in [6.07, 6.45) is 1.75. The van der Waals surface area contributed by atoms with Gasteiger partial charge in [0.1, 0.15) is 12.3 Å². The van der Waals surface area contributed by atoms with E-state index in [1.165, 1.54) is 6.07 Å². The number of carboxylic acids is 1. The molecule has 2 aromatic carbocycles. The van der Waals surface area contributed by atoms with Gasteiger partial charge in [0.25, 0.3) is 0 Å². The van der Waals surface area contributed by atoms with Crippen molar-refractivity contribution in [2.45, 2.75) is 37.9 Å². The molecular formula is C24H24F3N3O3. The average molecular weight is 459 g/mol. The molecular weight excluding hydrogens is 435 g/mol. The van der Waals surface area contributed by atoms with Crippen molar-refractivity contribution in [1.82, 2.24) is 9.55 Å². The van der Waals surface area contributed by atoms with Crippen molar-refractivity contribution >= 4 is 11.7 Å². The predicted molar refractivity (Wildman–Crippen MR) is 117 cm³/mol. The summed E-state index contributed by atoms with van der Waals surface area (Å²) in [6, 6.07) is 14.0. The van der Waals surface area contributed by atoms with E-state index in [2.05, 4.69) is 10.1 Å². The topological polar surface area (TPSA) is 76.7 Å². The summed E-state index contributed by atoms with van der Waals surface area (Å²) < 4.78 is 41.9. The fourth-order valence-electron chi connectivity index (χ4n) is 3.35. The summed E-state index contributed by atoms with van der Waals surface area (Å²) >= 11 is 0. The van der Waals surface area contributed by atoms with Crippen molar-refractivity contribution in [1.29, 1.82) is 0 Å². The Hall–Kier alpha value is -3.62. The molecule has 1 unspecified atom stereocenters. The molecule has 33 heavy (non-hydrogen) atoms. The molecule has 0 bridgehead atoms. The number of alkyl halides is 3. The lowest BCUT2D eigenvalue weighted by Gasteiger charge is -2.22. The Morgan fingerprint density at radius 1 is 1.12 bits per heavy atom. The molecule has 1 N–H and O–H groups in total. The van der Waals surface area contributed by atoms with Gasteiger partial charge < -0.3 is 14.5 Å². The Morgan fingerprint density at radius 3 is 2.58 bits per heavy atom. The Bertz CT molecular complexity index is 1050. The molecule has 1 heterocycles. The lowest BCUT2D eigenvalue weighted by atomic mass is 9.95. The Morgan fingerprint density at radius 2 is 1.91 bits per heavy atom. The largest absolute Gasteiger partial charge is 0.481 e. The summed E-state index contributed by atoms with van der Waals surface area (Å²) in [5.41, 5.74) is 0.793. The molecule has 0 spiro atoms. The van der Waals surface area contributed by atoms with Crippen molar-refractivity contribution in [3.63, 3.8) is 0 Å². The third-order valence-electron chi connectivity index (χ3n) is 5.00. The van der Waals surface area contributed by atoms with Crippen LogP contribution >= 0.6 is 0 Å². The third-order valence-corrected chi connectivity index (χ3v) is 5.00. The number of halogens is 3. The molecule has 6 nitrogen and oxygen atoms in total. The minimum atomic E-state index is -4.50. The van der Waals surface area contributed by atoms with E-state index < -0.39 is 23.8 Å². The second-order valence-corrected chi connectivity index (χ2v) is 7.45. The van der Waals surface area contributed by atoms with Crippen LogP contribution in [-0.4, -0.2) is 32.9 Å². The maximum atomic E-state index is 13.4. The van der Waals surface area contributed by atoms with Crippen LogP contribution in [0.1, 0.15) is 42.0 Å². The maximum absolute atomic E-state index is 13.4. The Kier molecular flexibility index (Phi) is 8.23. The number of hydrogen-bond donors (Lipinski definition) is 1. The summed E-state index contributed by atoms with van der Waals surface area (Å²) in [5.74, 6) is -0.897. The number of nitrogens with zero attached hydrogens (tertiary/aromatic N) is 3. The van der Waals surface area contributed by atoms with Crippen LogP contribution in [0.25, 0.3) is 0 Å². The molecule has 3 rings (SSSR count). The number of unbranched alkanes of at least 4 members (excludes halogenated alkanes) is 1. The highest BCUT2D eigenvalue weighted by molar-refractivity contribution is 6.03. The molecule has 1 aromatic heterocycles. The predicted octanol–water partition coefficient (Wildman–Crippen LogP) is 5.36. The van der Waals surface area contributed by atoms with Crippen LogP contribution in [0.15, 0.2) is 78.5 Å². The van der Waals surface area contributed by atoms with E-state index in [0.717, 1.165) is 17.7 Å². The zero-order valence-electron chi connectivity index (χ0n) is 17.8. The summed E-state index contributed by atoms with van der Waals surface area (Å²) in [6.45, 7) is 0.151. The van der Waals surface area contributed by atoms with Gasteiger partial charge in [-0.05, 0) is 37.0 Å². The molecule has 0 amide bonds. The second kappa shape index (κ2) is 11.3. The molecule has 0 aliphatic rings. The zero-order valence-corrected chi connectivity index (χ0v) is 17.8. The van der Waals surface area contributed by atoms with Gasteiger partial charge in [-0.25, -0.2) is 4.98 Å². The molecule has 0 saturated carbocycles. The normalized spacial score (nSPS) is 13.0. The minimum Gasteiger partial charge on any atom is -0.481 e.